The molecule has 4 aromatic carbocycles. The summed E-state index contributed by atoms with van der Waals surface area (Å²) in [4.78, 5) is 2.26. The van der Waals surface area contributed by atoms with Gasteiger partial charge in [0.25, 0.3) is 0 Å². The quantitative estimate of drug-likeness (QED) is 0.331. The molecule has 0 aromatic heterocycles. The van der Waals surface area contributed by atoms with Crippen LogP contribution >= 0.6 is 0 Å². The van der Waals surface area contributed by atoms with Crippen LogP contribution in [0, 0.1) is 0 Å². The van der Waals surface area contributed by atoms with Crippen molar-refractivity contribution in [1.29, 1.82) is 0 Å². The summed E-state index contributed by atoms with van der Waals surface area (Å²) >= 11 is 0. The van der Waals surface area contributed by atoms with Crippen molar-refractivity contribution in [3.63, 3.8) is 0 Å². The fourth-order valence-electron chi connectivity index (χ4n) is 3.77. The second kappa shape index (κ2) is 9.57. The highest BCUT2D eigenvalue weighted by atomic mass is 16.5. The van der Waals surface area contributed by atoms with E-state index >= 15 is 0 Å². The van der Waals surface area contributed by atoms with Gasteiger partial charge in [-0.3, -0.25) is 4.90 Å². The SMILES string of the molecule is COc1ccc(COC(c2ccccc2)N(C)Cc2cccc3ccccc23)cc1. The zero-order valence-corrected chi connectivity index (χ0v) is 17.5. The normalized spacial score (nSPS) is 12.2. The Labute approximate surface area is 178 Å². The Morgan fingerprint density at radius 2 is 1.47 bits per heavy atom. The molecule has 1 unspecified atom stereocenters. The summed E-state index contributed by atoms with van der Waals surface area (Å²) < 4.78 is 11.7. The van der Waals surface area contributed by atoms with Crippen molar-refractivity contribution in [2.24, 2.45) is 0 Å². The summed E-state index contributed by atoms with van der Waals surface area (Å²) in [6.45, 7) is 1.33. The van der Waals surface area contributed by atoms with Crippen LogP contribution in [0.15, 0.2) is 97.1 Å². The van der Waals surface area contributed by atoms with Crippen molar-refractivity contribution in [3.05, 3.63) is 114 Å². The number of nitrogens with zero attached hydrogens (tertiary/aromatic N) is 1. The van der Waals surface area contributed by atoms with Crippen molar-refractivity contribution < 1.29 is 9.47 Å². The maximum Gasteiger partial charge on any atom is 0.137 e. The lowest BCUT2D eigenvalue weighted by molar-refractivity contribution is -0.0640. The number of fused-ring (bicyclic) bond motifs is 1. The summed E-state index contributed by atoms with van der Waals surface area (Å²) in [6.07, 6.45) is -0.146. The molecular formula is C27H27NO2. The first-order valence-corrected chi connectivity index (χ1v) is 10.2. The minimum absolute atomic E-state index is 0.146. The predicted molar refractivity (Wildman–Crippen MR) is 122 cm³/mol. The van der Waals surface area contributed by atoms with E-state index in [2.05, 4.69) is 78.7 Å². The Kier molecular flexibility index (Phi) is 6.43. The summed E-state index contributed by atoms with van der Waals surface area (Å²) in [5.41, 5.74) is 3.56. The van der Waals surface area contributed by atoms with E-state index in [1.54, 1.807) is 7.11 Å². The van der Waals surface area contributed by atoms with Crippen molar-refractivity contribution in [1.82, 2.24) is 4.90 Å². The molecule has 0 aliphatic heterocycles. The molecule has 4 rings (SSSR count). The number of methoxy groups -OCH3 is 1. The van der Waals surface area contributed by atoms with Crippen LogP contribution in [0.25, 0.3) is 10.8 Å². The molecule has 0 N–H and O–H groups in total. The van der Waals surface area contributed by atoms with Gasteiger partial charge >= 0.3 is 0 Å². The summed E-state index contributed by atoms with van der Waals surface area (Å²) in [5, 5.41) is 2.55. The third-order valence-corrected chi connectivity index (χ3v) is 5.35. The van der Waals surface area contributed by atoms with Gasteiger partial charge in [-0.1, -0.05) is 84.9 Å². The van der Waals surface area contributed by atoms with Crippen LogP contribution in [0.1, 0.15) is 22.9 Å². The lowest BCUT2D eigenvalue weighted by Gasteiger charge is -2.29. The van der Waals surface area contributed by atoms with Crippen molar-refractivity contribution in [2.75, 3.05) is 14.2 Å². The lowest BCUT2D eigenvalue weighted by atomic mass is 10.0. The molecule has 0 spiro atoms. The van der Waals surface area contributed by atoms with E-state index in [9.17, 15) is 0 Å². The minimum Gasteiger partial charge on any atom is -0.497 e. The zero-order valence-electron chi connectivity index (χ0n) is 17.5. The molecule has 3 heteroatoms. The van der Waals surface area contributed by atoms with Gasteiger partial charge in [0.1, 0.15) is 12.0 Å². The first kappa shape index (κ1) is 20.1. The average molecular weight is 398 g/mol. The summed E-state index contributed by atoms with van der Waals surface area (Å²) in [6, 6.07) is 33.5. The Morgan fingerprint density at radius 3 is 2.23 bits per heavy atom. The van der Waals surface area contributed by atoms with Gasteiger partial charge in [-0.05, 0) is 46.6 Å². The highest BCUT2D eigenvalue weighted by Crippen LogP contribution is 2.27. The fourth-order valence-corrected chi connectivity index (χ4v) is 3.77. The van der Waals surface area contributed by atoms with Crippen molar-refractivity contribution in [2.45, 2.75) is 19.4 Å². The van der Waals surface area contributed by atoms with E-state index in [0.717, 1.165) is 23.4 Å². The van der Waals surface area contributed by atoms with Crippen molar-refractivity contribution >= 4 is 10.8 Å². The van der Waals surface area contributed by atoms with Gasteiger partial charge in [-0.2, -0.15) is 0 Å². The summed E-state index contributed by atoms with van der Waals surface area (Å²) in [5.74, 6) is 0.853. The molecule has 30 heavy (non-hydrogen) atoms. The molecule has 0 bridgehead atoms. The largest absolute Gasteiger partial charge is 0.497 e. The van der Waals surface area contributed by atoms with Gasteiger partial charge in [0.05, 0.1) is 13.7 Å². The Balaban J connectivity index is 1.55. The Hall–Kier alpha value is -3.14. The molecule has 1 atom stereocenters. The van der Waals surface area contributed by atoms with Gasteiger partial charge < -0.3 is 9.47 Å². The van der Waals surface area contributed by atoms with Crippen molar-refractivity contribution in [3.8, 4) is 5.75 Å². The third kappa shape index (κ3) is 4.70. The fraction of sp³-hybridized carbons (Fsp3) is 0.185. The van der Waals surface area contributed by atoms with Gasteiger partial charge in [0.2, 0.25) is 0 Å². The molecule has 3 nitrogen and oxygen atoms in total. The van der Waals surface area contributed by atoms with Crippen LogP contribution in [0.2, 0.25) is 0 Å². The van der Waals surface area contributed by atoms with Crippen LogP contribution in [0.4, 0.5) is 0 Å². The van der Waals surface area contributed by atoms with E-state index in [1.165, 1.54) is 16.3 Å². The molecule has 152 valence electrons. The lowest BCUT2D eigenvalue weighted by Crippen LogP contribution is -2.26. The number of hydrogen-bond acceptors (Lipinski definition) is 3. The predicted octanol–water partition coefficient (Wildman–Crippen LogP) is 6.20. The van der Waals surface area contributed by atoms with Crippen LogP contribution in [-0.2, 0) is 17.9 Å². The molecule has 0 amide bonds. The first-order valence-electron chi connectivity index (χ1n) is 10.2. The number of benzene rings is 4. The first-order chi connectivity index (χ1) is 14.7. The standard InChI is InChI=1S/C27H27NO2/c1-28(19-24-13-8-12-22-9-6-7-14-26(22)24)27(23-10-4-3-5-11-23)30-20-21-15-17-25(29-2)18-16-21/h3-18,27H,19-20H2,1-2H3. The second-order valence-electron chi connectivity index (χ2n) is 7.48. The highest BCUT2D eigenvalue weighted by Gasteiger charge is 2.19. The van der Waals surface area contributed by atoms with E-state index in [0.29, 0.717) is 6.61 Å². The molecule has 0 heterocycles. The molecule has 0 fully saturated rings. The number of rotatable bonds is 8. The smallest absolute Gasteiger partial charge is 0.137 e. The van der Waals surface area contributed by atoms with E-state index in [1.807, 2.05) is 30.3 Å². The van der Waals surface area contributed by atoms with Gasteiger partial charge in [-0.25, -0.2) is 0 Å². The van der Waals surface area contributed by atoms with Crippen LogP contribution in [-0.4, -0.2) is 19.1 Å². The van der Waals surface area contributed by atoms with Crippen LogP contribution in [0.5, 0.6) is 5.75 Å². The molecular weight excluding hydrogens is 370 g/mol. The van der Waals surface area contributed by atoms with Crippen LogP contribution in [0.3, 0.4) is 0 Å². The van der Waals surface area contributed by atoms with Gasteiger partial charge in [0.15, 0.2) is 0 Å². The molecule has 0 saturated heterocycles. The van der Waals surface area contributed by atoms with Gasteiger partial charge in [-0.15, -0.1) is 0 Å². The minimum atomic E-state index is -0.146. The third-order valence-electron chi connectivity index (χ3n) is 5.35. The number of hydrogen-bond donors (Lipinski definition) is 0. The zero-order chi connectivity index (χ0) is 20.8. The molecule has 4 aromatic rings. The van der Waals surface area contributed by atoms with Crippen LogP contribution < -0.4 is 4.74 Å². The van der Waals surface area contributed by atoms with E-state index in [4.69, 9.17) is 9.47 Å². The number of ether oxygens (including phenoxy) is 2. The molecule has 0 aliphatic rings. The maximum atomic E-state index is 6.42. The maximum absolute atomic E-state index is 6.42. The molecule has 0 aliphatic carbocycles. The van der Waals surface area contributed by atoms with E-state index in [-0.39, 0.29) is 6.23 Å². The molecule has 0 saturated carbocycles. The second-order valence-corrected chi connectivity index (χ2v) is 7.48. The topological polar surface area (TPSA) is 21.7 Å². The molecule has 0 radical (unpaired) electrons. The monoisotopic (exact) mass is 397 g/mol. The Morgan fingerprint density at radius 1 is 0.767 bits per heavy atom. The Bertz CT molecular complexity index is 1070. The highest BCUT2D eigenvalue weighted by molar-refractivity contribution is 5.85. The van der Waals surface area contributed by atoms with Gasteiger partial charge in [0, 0.05) is 6.54 Å². The summed E-state index contributed by atoms with van der Waals surface area (Å²) in [7, 11) is 3.80. The average Bonchev–Trinajstić information content (AvgIpc) is 2.80. The van der Waals surface area contributed by atoms with E-state index < -0.39 is 0 Å².